The van der Waals surface area contributed by atoms with Gasteiger partial charge in [-0.3, -0.25) is 4.79 Å². The molecule has 0 N–H and O–H groups in total. The average molecular weight is 443 g/mol. The normalized spacial score (nSPS) is 11.4. The number of benzene rings is 2. The summed E-state index contributed by atoms with van der Waals surface area (Å²) in [6.07, 6.45) is 2.62. The van der Waals surface area contributed by atoms with Crippen LogP contribution in [0.1, 0.15) is 39.5 Å². The van der Waals surface area contributed by atoms with Crippen molar-refractivity contribution < 1.29 is 22.7 Å². The van der Waals surface area contributed by atoms with Crippen molar-refractivity contribution in [2.45, 2.75) is 38.8 Å². The summed E-state index contributed by atoms with van der Waals surface area (Å²) < 4.78 is 37.5. The molecule has 0 amide bonds. The van der Waals surface area contributed by atoms with E-state index in [1.54, 1.807) is 24.6 Å². The number of rotatable bonds is 8. The number of methoxy groups -OCH3 is 1. The minimum Gasteiger partial charge on any atom is -0.496 e. The molecule has 31 heavy (non-hydrogen) atoms. The Hall–Kier alpha value is -3.13. The van der Waals surface area contributed by atoms with E-state index in [1.807, 2.05) is 37.3 Å². The number of aryl methyl sites for hydroxylation is 2. The Bertz CT molecular complexity index is 1210. The molecule has 2 aromatic carbocycles. The monoisotopic (exact) mass is 442 g/mol. The molecule has 7 nitrogen and oxygen atoms in total. The van der Waals surface area contributed by atoms with Gasteiger partial charge >= 0.3 is 0 Å². The summed E-state index contributed by atoms with van der Waals surface area (Å²) >= 11 is 0. The molecule has 3 rings (SSSR count). The molecule has 0 aliphatic rings. The van der Waals surface area contributed by atoms with E-state index in [1.165, 1.54) is 13.3 Å². The molecule has 0 radical (unpaired) electrons. The standard InChI is InChI=1S/C23H26N2O5S/c1-6-25-23(30-14-17-10-8-7-9-11-17)19(13-24-25)20(26)18-12-15(2)22(31(5,27)28)16(3)21(18)29-4/h7-13H,6,14H2,1-5H3. The number of aromatic nitrogens is 2. The fourth-order valence-corrected chi connectivity index (χ4v) is 5.02. The molecular formula is C23H26N2O5S. The third-order valence-corrected chi connectivity index (χ3v) is 6.39. The minimum atomic E-state index is -3.48. The van der Waals surface area contributed by atoms with Crippen molar-refractivity contribution >= 4 is 15.6 Å². The highest BCUT2D eigenvalue weighted by Gasteiger charge is 2.27. The summed E-state index contributed by atoms with van der Waals surface area (Å²) in [6.45, 7) is 6.03. The van der Waals surface area contributed by atoms with E-state index in [0.29, 0.717) is 29.1 Å². The van der Waals surface area contributed by atoms with E-state index in [2.05, 4.69) is 5.10 Å². The van der Waals surface area contributed by atoms with E-state index in [9.17, 15) is 13.2 Å². The Balaban J connectivity index is 2.07. The molecule has 0 spiro atoms. The van der Waals surface area contributed by atoms with Crippen LogP contribution in [0.5, 0.6) is 11.6 Å². The van der Waals surface area contributed by atoms with Gasteiger partial charge in [0.15, 0.2) is 9.84 Å². The number of ether oxygens (including phenoxy) is 2. The number of ketones is 1. The molecule has 0 saturated heterocycles. The predicted octanol–water partition coefficient (Wildman–Crippen LogP) is 3.74. The molecule has 0 fully saturated rings. The maximum Gasteiger partial charge on any atom is 0.223 e. The number of hydrogen-bond acceptors (Lipinski definition) is 6. The third-order valence-electron chi connectivity index (χ3n) is 5.02. The fraction of sp³-hybridized carbons (Fsp3) is 0.304. The van der Waals surface area contributed by atoms with Crippen LogP contribution < -0.4 is 9.47 Å². The largest absolute Gasteiger partial charge is 0.496 e. The Morgan fingerprint density at radius 3 is 2.39 bits per heavy atom. The van der Waals surface area contributed by atoms with E-state index in [-0.39, 0.29) is 28.6 Å². The van der Waals surface area contributed by atoms with E-state index in [4.69, 9.17) is 9.47 Å². The molecule has 0 aliphatic carbocycles. The Morgan fingerprint density at radius 1 is 1.13 bits per heavy atom. The van der Waals surface area contributed by atoms with Crippen LogP contribution in [0, 0.1) is 13.8 Å². The molecule has 0 atom stereocenters. The summed E-state index contributed by atoms with van der Waals surface area (Å²) in [7, 11) is -2.06. The molecule has 8 heteroatoms. The van der Waals surface area contributed by atoms with Crippen molar-refractivity contribution in [3.05, 3.63) is 70.4 Å². The van der Waals surface area contributed by atoms with Gasteiger partial charge in [0.1, 0.15) is 17.9 Å². The smallest absolute Gasteiger partial charge is 0.223 e. The summed E-state index contributed by atoms with van der Waals surface area (Å²) in [6, 6.07) is 11.2. The van der Waals surface area contributed by atoms with Gasteiger partial charge in [-0.15, -0.1) is 0 Å². The average Bonchev–Trinajstić information content (AvgIpc) is 3.14. The summed E-state index contributed by atoms with van der Waals surface area (Å²) in [5, 5.41) is 4.28. The maximum atomic E-state index is 13.5. The van der Waals surface area contributed by atoms with Crippen LogP contribution in [0.4, 0.5) is 0 Å². The van der Waals surface area contributed by atoms with Gasteiger partial charge in [0.05, 0.1) is 23.8 Å². The predicted molar refractivity (Wildman–Crippen MR) is 118 cm³/mol. The van der Waals surface area contributed by atoms with Crippen LogP contribution in [0.3, 0.4) is 0 Å². The Morgan fingerprint density at radius 2 is 1.81 bits per heavy atom. The lowest BCUT2D eigenvalue weighted by atomic mass is 9.99. The van der Waals surface area contributed by atoms with Gasteiger partial charge < -0.3 is 9.47 Å². The van der Waals surface area contributed by atoms with Gasteiger partial charge in [0.2, 0.25) is 11.7 Å². The van der Waals surface area contributed by atoms with E-state index < -0.39 is 9.84 Å². The highest BCUT2D eigenvalue weighted by atomic mass is 32.2. The van der Waals surface area contributed by atoms with Gasteiger partial charge in [-0.2, -0.15) is 5.10 Å². The molecule has 1 aromatic heterocycles. The number of carbonyl (C=O) groups excluding carboxylic acids is 1. The topological polar surface area (TPSA) is 87.5 Å². The minimum absolute atomic E-state index is 0.172. The second-order valence-electron chi connectivity index (χ2n) is 7.28. The van der Waals surface area contributed by atoms with Gasteiger partial charge in [-0.25, -0.2) is 13.1 Å². The zero-order valence-corrected chi connectivity index (χ0v) is 19.1. The molecule has 3 aromatic rings. The Labute approximate surface area is 182 Å². The van der Waals surface area contributed by atoms with E-state index in [0.717, 1.165) is 11.8 Å². The molecule has 1 heterocycles. The van der Waals surface area contributed by atoms with Crippen LogP contribution in [-0.4, -0.2) is 37.3 Å². The van der Waals surface area contributed by atoms with Crippen LogP contribution in [-0.2, 0) is 23.0 Å². The fourth-order valence-electron chi connectivity index (χ4n) is 3.73. The highest BCUT2D eigenvalue weighted by molar-refractivity contribution is 7.90. The van der Waals surface area contributed by atoms with Crippen LogP contribution in [0.15, 0.2) is 47.5 Å². The molecule has 164 valence electrons. The molecule has 0 saturated carbocycles. The SMILES string of the molecule is CCn1ncc(C(=O)c2cc(C)c(S(C)(=O)=O)c(C)c2OC)c1OCc1ccccc1. The Kier molecular flexibility index (Phi) is 6.50. The number of nitrogens with zero attached hydrogens (tertiary/aromatic N) is 2. The molecule has 0 unspecified atom stereocenters. The van der Waals surface area contributed by atoms with Crippen molar-refractivity contribution in [1.29, 1.82) is 0 Å². The number of carbonyl (C=O) groups is 1. The van der Waals surface area contributed by atoms with Gasteiger partial charge in [-0.1, -0.05) is 30.3 Å². The quantitative estimate of drug-likeness (QED) is 0.494. The lowest BCUT2D eigenvalue weighted by Gasteiger charge is -2.17. The van der Waals surface area contributed by atoms with Gasteiger partial charge in [0, 0.05) is 18.4 Å². The van der Waals surface area contributed by atoms with Crippen LogP contribution >= 0.6 is 0 Å². The van der Waals surface area contributed by atoms with Gasteiger partial charge in [0.25, 0.3) is 0 Å². The van der Waals surface area contributed by atoms with Gasteiger partial charge in [-0.05, 0) is 38.0 Å². The zero-order valence-electron chi connectivity index (χ0n) is 18.3. The maximum absolute atomic E-state index is 13.5. The third kappa shape index (κ3) is 4.49. The van der Waals surface area contributed by atoms with Crippen molar-refractivity contribution in [3.8, 4) is 11.6 Å². The lowest BCUT2D eigenvalue weighted by Crippen LogP contribution is -2.12. The summed E-state index contributed by atoms with van der Waals surface area (Å²) in [5.74, 6) is 0.251. The van der Waals surface area contributed by atoms with E-state index >= 15 is 0 Å². The number of hydrogen-bond donors (Lipinski definition) is 0. The lowest BCUT2D eigenvalue weighted by molar-refractivity contribution is 0.103. The van der Waals surface area contributed by atoms with Crippen molar-refractivity contribution in [1.82, 2.24) is 9.78 Å². The van der Waals surface area contributed by atoms with Crippen molar-refractivity contribution in [2.75, 3.05) is 13.4 Å². The number of sulfone groups is 1. The molecular weight excluding hydrogens is 416 g/mol. The second kappa shape index (κ2) is 8.93. The first-order chi connectivity index (χ1) is 14.7. The van der Waals surface area contributed by atoms with Crippen molar-refractivity contribution in [2.24, 2.45) is 0 Å². The summed E-state index contributed by atoms with van der Waals surface area (Å²) in [5.41, 5.74) is 2.42. The summed E-state index contributed by atoms with van der Waals surface area (Å²) in [4.78, 5) is 13.7. The molecule has 0 aliphatic heterocycles. The second-order valence-corrected chi connectivity index (χ2v) is 9.24. The first-order valence-electron chi connectivity index (χ1n) is 9.84. The highest BCUT2D eigenvalue weighted by Crippen LogP contribution is 2.35. The van der Waals surface area contributed by atoms with Crippen molar-refractivity contribution in [3.63, 3.8) is 0 Å². The first-order valence-corrected chi connectivity index (χ1v) is 11.7. The zero-order chi connectivity index (χ0) is 22.8. The van der Waals surface area contributed by atoms with Crippen LogP contribution in [0.2, 0.25) is 0 Å². The first kappa shape index (κ1) is 22.6. The molecule has 0 bridgehead atoms. The van der Waals surface area contributed by atoms with Crippen LogP contribution in [0.25, 0.3) is 0 Å².